The molecular formula is C88H113N9O22S8+2. The van der Waals surface area contributed by atoms with Gasteiger partial charge in [-0.2, -0.15) is 26.0 Å². The number of hydrogen-bond donors (Lipinski definition) is 7. The van der Waals surface area contributed by atoms with Crippen molar-refractivity contribution in [2.75, 3.05) is 60.6 Å². The number of aromatic nitrogens is 2. The fraction of sp³-hybridized carbons (Fsp3) is 0.432. The number of hydroxylamine groups is 2. The van der Waals surface area contributed by atoms with E-state index in [0.29, 0.717) is 43.6 Å². The standard InChI is InChI=1S/C45H53N5O9S3.C41H50N4O7S3.2CH4.2O3S/c1-3-5-27-49-35-14-9-11-16-37(35)61-41(49)23-19-33-29-32(18-22-40-48(26-4-2)34-13-8-10-15-36(34)60-40)30-45(31-33,44(55)47-25-28-62(56,57)58)43(54)46-24-12-6-7-17-42(53)59-50-38(51)20-21-39(50)52;1-3-5-25-45-33-14-9-11-16-35(33)54-37(45)21-19-31-27-30(18-20-36-44(24-4-2)32-13-8-10-15-34(32)53-36)28-41(29-31,40(49)43-23-26-55(50,51)52)39(48)42-22-12-6-7-17-38(46)47;;;2*1-4(2)3/h8-11,13-16,18-19,22-23,29H,3-7,12,17,20-21,24-28,30-31H2,1-2H3,(H2-,46,47,54,55,56,57,58);8-11,13-16,18-21,27H,3-7,12,17,22-26,28-29H2,1-2H3,(H3-,42,43,46,47,48,49,50,51,52);2*1H4;;/p+2. The maximum atomic E-state index is 14.5. The van der Waals surface area contributed by atoms with Crippen molar-refractivity contribution < 1.29 is 109 Å². The molecule has 1 fully saturated rings. The number of rotatable bonds is 39. The Morgan fingerprint density at radius 2 is 0.850 bits per heavy atom. The van der Waals surface area contributed by atoms with Gasteiger partial charge in [0.15, 0.2) is 0 Å². The summed E-state index contributed by atoms with van der Waals surface area (Å²) in [5.74, 6) is -6.42. The van der Waals surface area contributed by atoms with Gasteiger partial charge in [0.2, 0.25) is 34.7 Å². The fourth-order valence-electron chi connectivity index (χ4n) is 14.5. The van der Waals surface area contributed by atoms with E-state index in [9.17, 15) is 64.3 Å². The first-order valence-electron chi connectivity index (χ1n) is 41.1. The van der Waals surface area contributed by atoms with Crippen LogP contribution in [0, 0.1) is 10.8 Å². The van der Waals surface area contributed by atoms with Gasteiger partial charge in [-0.25, -0.2) is 4.79 Å². The van der Waals surface area contributed by atoms with Crippen LogP contribution in [0.15, 0.2) is 188 Å². The molecule has 5 aliphatic rings. The summed E-state index contributed by atoms with van der Waals surface area (Å²) >= 11 is 6.65. The van der Waals surface area contributed by atoms with Gasteiger partial charge in [-0.05, 0) is 135 Å². The van der Waals surface area contributed by atoms with E-state index < -0.39 is 118 Å². The molecule has 6 aromatic rings. The Hall–Kier alpha value is -10.1. The number of amides is 6. The number of imide groups is 1. The summed E-state index contributed by atoms with van der Waals surface area (Å²) in [5, 5.41) is 24.8. The van der Waals surface area contributed by atoms with Crippen LogP contribution in [-0.4, -0.2) is 160 Å². The number of aryl methyl sites for hydroxylation is 2. The number of nitrogens with one attached hydrogen (secondary N) is 4. The lowest BCUT2D eigenvalue weighted by Crippen LogP contribution is -2.53. The molecule has 0 spiro atoms. The number of carboxylic acid groups (broad SMARTS) is 1. The Morgan fingerprint density at radius 1 is 0.480 bits per heavy atom. The molecular weight excluding hydrogens is 1790 g/mol. The first-order chi connectivity index (χ1) is 59.7. The van der Waals surface area contributed by atoms with Crippen molar-refractivity contribution in [2.24, 2.45) is 10.8 Å². The summed E-state index contributed by atoms with van der Waals surface area (Å²) in [4.78, 5) is 116. The molecule has 2 atom stereocenters. The molecule has 2 unspecified atom stereocenters. The van der Waals surface area contributed by atoms with Crippen LogP contribution in [0.1, 0.15) is 181 Å². The van der Waals surface area contributed by atoms with Gasteiger partial charge < -0.3 is 41.0 Å². The molecule has 688 valence electrons. The van der Waals surface area contributed by atoms with Gasteiger partial charge in [0.25, 0.3) is 42.1 Å². The minimum atomic E-state index is -4.40. The molecule has 7 N–H and O–H groups in total. The second kappa shape index (κ2) is 51.8. The molecule has 4 aromatic carbocycles. The molecule has 39 heteroatoms. The molecule has 6 amide bonds. The molecule has 2 aliphatic carbocycles. The minimum absolute atomic E-state index is 0. The summed E-state index contributed by atoms with van der Waals surface area (Å²) in [6.07, 6.45) is 29.0. The van der Waals surface area contributed by atoms with Crippen LogP contribution >= 0.6 is 46.2 Å². The largest absolute Gasteiger partial charge is 0.481 e. The molecule has 11 rings (SSSR count). The third kappa shape index (κ3) is 32.0. The number of fused-ring (bicyclic) bond motifs is 4. The van der Waals surface area contributed by atoms with E-state index in [2.05, 4.69) is 116 Å². The number of aliphatic carboxylic acids is 1. The van der Waals surface area contributed by atoms with Crippen LogP contribution in [0.25, 0.3) is 32.6 Å². The molecule has 3 aliphatic heterocycles. The van der Waals surface area contributed by atoms with Crippen LogP contribution in [0.5, 0.6) is 0 Å². The van der Waals surface area contributed by atoms with Crippen molar-refractivity contribution in [3.05, 3.63) is 188 Å². The average molecular weight is 1910 g/mol. The van der Waals surface area contributed by atoms with Gasteiger partial charge >= 0.3 is 33.2 Å². The number of unbranched alkanes of at least 4 members (excludes halogenated alkanes) is 6. The number of para-hydroxylation sites is 4. The Labute approximate surface area is 761 Å². The predicted molar refractivity (Wildman–Crippen MR) is 493 cm³/mol. The lowest BCUT2D eigenvalue weighted by molar-refractivity contribution is -0.669. The molecule has 0 bridgehead atoms. The zero-order chi connectivity index (χ0) is 90.9. The highest BCUT2D eigenvalue weighted by molar-refractivity contribution is 8.04. The van der Waals surface area contributed by atoms with Gasteiger partial charge in [0, 0.05) is 112 Å². The van der Waals surface area contributed by atoms with Crippen LogP contribution in [0.4, 0.5) is 11.4 Å². The summed E-state index contributed by atoms with van der Waals surface area (Å²) in [6.45, 7) is 11.5. The van der Waals surface area contributed by atoms with E-state index in [1.54, 1.807) is 46.2 Å². The molecule has 5 heterocycles. The second-order valence-corrected chi connectivity index (χ2v) is 38.0. The molecule has 127 heavy (non-hydrogen) atoms. The molecule has 2 aromatic heterocycles. The maximum Gasteiger partial charge on any atom is 0.425 e. The first-order valence-corrected chi connectivity index (χ1v) is 49.6. The number of thiazole rings is 2. The van der Waals surface area contributed by atoms with E-state index >= 15 is 0 Å². The number of allylic oxidation sites excluding steroid dienone is 12. The minimum Gasteiger partial charge on any atom is -0.481 e. The van der Waals surface area contributed by atoms with Crippen LogP contribution < -0.4 is 40.2 Å². The number of carboxylic acids is 1. The molecule has 0 saturated carbocycles. The zero-order valence-corrected chi connectivity index (χ0v) is 76.4. The smallest absolute Gasteiger partial charge is 0.425 e. The van der Waals surface area contributed by atoms with E-state index in [1.165, 1.54) is 0 Å². The summed E-state index contributed by atoms with van der Waals surface area (Å²) in [6, 6.07) is 32.9. The van der Waals surface area contributed by atoms with E-state index in [1.807, 2.05) is 109 Å². The normalized spacial score (nSPS) is 17.8. The van der Waals surface area contributed by atoms with E-state index in [-0.39, 0.29) is 85.9 Å². The Balaban J connectivity index is 0.000000358. The average Bonchev–Trinajstić information content (AvgIpc) is 1.71. The van der Waals surface area contributed by atoms with Gasteiger partial charge in [-0.1, -0.05) is 199 Å². The Bertz CT molecular complexity index is 5630. The summed E-state index contributed by atoms with van der Waals surface area (Å²) in [5.41, 5.74) is 4.16. The maximum absolute atomic E-state index is 14.5. The Kier molecular flexibility index (Phi) is 43.1. The van der Waals surface area contributed by atoms with Crippen molar-refractivity contribution >= 4 is 179 Å². The molecule has 31 nitrogen and oxygen atoms in total. The van der Waals surface area contributed by atoms with Crippen molar-refractivity contribution in [2.45, 2.75) is 194 Å². The number of carbonyl (C=O) groups excluding carboxylic acids is 7. The van der Waals surface area contributed by atoms with Gasteiger partial charge in [-0.3, -0.25) is 42.7 Å². The molecule has 0 radical (unpaired) electrons. The van der Waals surface area contributed by atoms with Gasteiger partial charge in [0.05, 0.1) is 32.9 Å². The van der Waals surface area contributed by atoms with Crippen LogP contribution in [0.3, 0.4) is 0 Å². The van der Waals surface area contributed by atoms with Crippen LogP contribution in [0.2, 0.25) is 0 Å². The summed E-state index contributed by atoms with van der Waals surface area (Å²) in [7, 11) is -15.0. The summed E-state index contributed by atoms with van der Waals surface area (Å²) < 4.78 is 123. The number of carbonyl (C=O) groups is 8. The third-order valence-corrected chi connectivity index (χ3v) is 26.3. The highest BCUT2D eigenvalue weighted by atomic mass is 32.2. The Morgan fingerprint density at radius 3 is 1.23 bits per heavy atom. The highest BCUT2D eigenvalue weighted by Gasteiger charge is 2.50. The lowest BCUT2D eigenvalue weighted by atomic mass is 9.70. The van der Waals surface area contributed by atoms with Crippen molar-refractivity contribution in [3.63, 3.8) is 0 Å². The van der Waals surface area contributed by atoms with Crippen molar-refractivity contribution in [3.8, 4) is 0 Å². The quantitative estimate of drug-likeness (QED) is 0.00619. The predicted octanol–water partition coefficient (Wildman–Crippen LogP) is 13.3. The van der Waals surface area contributed by atoms with E-state index in [4.69, 9.17) is 35.2 Å². The van der Waals surface area contributed by atoms with Gasteiger partial charge in [0.1, 0.15) is 33.3 Å². The van der Waals surface area contributed by atoms with Crippen molar-refractivity contribution in [1.29, 1.82) is 0 Å². The first kappa shape index (κ1) is 106. The zero-order valence-electron chi connectivity index (χ0n) is 69.8. The number of hydrogen-bond acceptors (Lipinski definition) is 25. The topological polar surface area (TPSA) is 443 Å². The third-order valence-electron chi connectivity index (χ3n) is 20.4. The number of nitrogens with zero attached hydrogens (tertiary/aromatic N) is 5. The lowest BCUT2D eigenvalue weighted by Gasteiger charge is -2.35. The fourth-order valence-corrected chi connectivity index (χ4v) is 19.6. The van der Waals surface area contributed by atoms with Gasteiger partial charge in [-0.15, -0.1) is 30.3 Å². The monoisotopic (exact) mass is 1900 g/mol. The van der Waals surface area contributed by atoms with E-state index in [0.717, 1.165) is 149 Å². The van der Waals surface area contributed by atoms with Crippen LogP contribution in [-0.2, 0) is 97.7 Å². The van der Waals surface area contributed by atoms with Crippen molar-refractivity contribution in [1.82, 2.24) is 26.3 Å². The molecule has 1 saturated heterocycles. The number of anilines is 2. The number of thioether (sulfide) groups is 2. The SMILES string of the molecule is C.C.CCCCN1C(=CC=C2C=C(C=Cc3sc4ccccc4[n+]3CCC)CC(C(=O)NCCCCCC(=O)O)(C(=O)NCCS(=O)(=O)O)C2)Sc2ccccc21.CCCCN1C(=CC=C2C=C(C=Cc3sc4ccccc4[n+]3CCC)CC(C(=O)NCCCCCC(=O)ON3C(=O)CCC3=O)(C(=O)NCCS(=O)(=O)O)C2)Sc2ccccc21.O=S(=O)=O.O=S(=O)=O. The number of benzene rings is 4. The highest BCUT2D eigenvalue weighted by Crippen LogP contribution is 2.49. The second-order valence-electron chi connectivity index (χ2n) is 29.8.